The molecule has 144 valence electrons. The van der Waals surface area contributed by atoms with Crippen LogP contribution in [0.2, 0.25) is 0 Å². The number of nitrogens with one attached hydrogen (secondary N) is 1. The van der Waals surface area contributed by atoms with Gasteiger partial charge >= 0.3 is 0 Å². The van der Waals surface area contributed by atoms with Crippen molar-refractivity contribution in [2.24, 2.45) is 0 Å². The fraction of sp³-hybridized carbons (Fsp3) is 0.500. The Balaban J connectivity index is 1.42. The minimum Gasteiger partial charge on any atom is -0.474 e. The van der Waals surface area contributed by atoms with Crippen molar-refractivity contribution in [2.45, 2.75) is 57.7 Å². The summed E-state index contributed by atoms with van der Waals surface area (Å²) in [4.78, 5) is 6.71. The second-order valence-corrected chi connectivity index (χ2v) is 7.53. The van der Waals surface area contributed by atoms with Gasteiger partial charge in [-0.1, -0.05) is 12.1 Å². The second kappa shape index (κ2) is 8.70. The van der Waals surface area contributed by atoms with E-state index in [-0.39, 0.29) is 11.9 Å². The average Bonchev–Trinajstić information content (AvgIpc) is 3.38. The lowest BCUT2D eigenvalue weighted by Crippen LogP contribution is -2.23. The van der Waals surface area contributed by atoms with Gasteiger partial charge in [0.15, 0.2) is 0 Å². The Morgan fingerprint density at radius 2 is 1.85 bits per heavy atom. The van der Waals surface area contributed by atoms with Crippen LogP contribution in [0.25, 0.3) is 0 Å². The van der Waals surface area contributed by atoms with Gasteiger partial charge in [0.05, 0.1) is 0 Å². The molecule has 0 atom stereocenters. The van der Waals surface area contributed by atoms with Crippen molar-refractivity contribution < 1.29 is 9.13 Å². The molecule has 1 saturated carbocycles. The Morgan fingerprint density at radius 3 is 2.67 bits per heavy atom. The van der Waals surface area contributed by atoms with Crippen molar-refractivity contribution >= 4 is 5.69 Å². The van der Waals surface area contributed by atoms with Gasteiger partial charge in [0, 0.05) is 49.2 Å². The van der Waals surface area contributed by atoms with Crippen molar-refractivity contribution in [2.75, 3.05) is 18.0 Å². The maximum atomic E-state index is 14.5. The molecular weight excluding hydrogens is 341 g/mol. The molecule has 2 aliphatic rings. The maximum absolute atomic E-state index is 14.5. The van der Waals surface area contributed by atoms with Crippen molar-refractivity contribution in [3.05, 3.63) is 53.5 Å². The van der Waals surface area contributed by atoms with Gasteiger partial charge in [-0.15, -0.1) is 0 Å². The summed E-state index contributed by atoms with van der Waals surface area (Å²) in [6, 6.07) is 9.35. The highest BCUT2D eigenvalue weighted by molar-refractivity contribution is 5.54. The predicted molar refractivity (Wildman–Crippen MR) is 106 cm³/mol. The molecule has 4 rings (SSSR count). The zero-order chi connectivity index (χ0) is 18.5. The molecule has 1 aromatic heterocycles. The van der Waals surface area contributed by atoms with Crippen molar-refractivity contribution in [1.29, 1.82) is 0 Å². The lowest BCUT2D eigenvalue weighted by molar-refractivity contribution is 0.199. The van der Waals surface area contributed by atoms with E-state index in [0.29, 0.717) is 19.0 Å². The predicted octanol–water partition coefficient (Wildman–Crippen LogP) is 4.43. The number of hydrogen-bond donors (Lipinski definition) is 1. The Labute approximate surface area is 160 Å². The van der Waals surface area contributed by atoms with E-state index < -0.39 is 0 Å². The molecular formula is C22H28FN3O. The van der Waals surface area contributed by atoms with Crippen LogP contribution in [0.5, 0.6) is 5.88 Å². The van der Waals surface area contributed by atoms with E-state index in [4.69, 9.17) is 4.74 Å². The highest BCUT2D eigenvalue weighted by Gasteiger charge is 2.20. The minimum absolute atomic E-state index is 0.138. The molecule has 0 radical (unpaired) electrons. The van der Waals surface area contributed by atoms with E-state index in [1.54, 1.807) is 18.3 Å². The third kappa shape index (κ3) is 4.41. The molecule has 1 aliphatic carbocycles. The first-order valence-electron chi connectivity index (χ1n) is 10.1. The summed E-state index contributed by atoms with van der Waals surface area (Å²) in [5.41, 5.74) is 2.80. The topological polar surface area (TPSA) is 37.4 Å². The largest absolute Gasteiger partial charge is 0.474 e. The first-order valence-corrected chi connectivity index (χ1v) is 10.1. The van der Waals surface area contributed by atoms with Crippen LogP contribution in [-0.2, 0) is 13.1 Å². The summed E-state index contributed by atoms with van der Waals surface area (Å²) in [7, 11) is 0. The molecule has 2 aromatic rings. The first-order chi connectivity index (χ1) is 13.3. The number of pyridine rings is 1. The first kappa shape index (κ1) is 18.2. The summed E-state index contributed by atoms with van der Waals surface area (Å²) in [6.45, 7) is 3.14. The van der Waals surface area contributed by atoms with Gasteiger partial charge in [0.1, 0.15) is 11.9 Å². The van der Waals surface area contributed by atoms with Gasteiger partial charge in [-0.2, -0.15) is 0 Å². The maximum Gasteiger partial charge on any atom is 0.218 e. The number of halogens is 1. The van der Waals surface area contributed by atoms with E-state index in [1.807, 2.05) is 18.2 Å². The zero-order valence-corrected chi connectivity index (χ0v) is 15.8. The average molecular weight is 369 g/mol. The molecule has 0 spiro atoms. The van der Waals surface area contributed by atoms with Crippen LogP contribution in [0.15, 0.2) is 36.5 Å². The summed E-state index contributed by atoms with van der Waals surface area (Å²) < 4.78 is 20.6. The molecule has 2 heterocycles. The molecule has 4 nitrogen and oxygen atoms in total. The van der Waals surface area contributed by atoms with Gasteiger partial charge in [-0.25, -0.2) is 9.37 Å². The van der Waals surface area contributed by atoms with Crippen molar-refractivity contribution in [3.63, 3.8) is 0 Å². The van der Waals surface area contributed by atoms with Crippen molar-refractivity contribution in [1.82, 2.24) is 10.3 Å². The number of ether oxygens (including phenoxy) is 1. The Hall–Kier alpha value is -2.14. The lowest BCUT2D eigenvalue weighted by Gasteiger charge is -2.22. The monoisotopic (exact) mass is 369 g/mol. The van der Waals surface area contributed by atoms with E-state index in [2.05, 4.69) is 15.2 Å². The molecule has 1 aromatic carbocycles. The molecule has 2 fully saturated rings. The Bertz CT molecular complexity index is 755. The van der Waals surface area contributed by atoms with Crippen LogP contribution in [0, 0.1) is 5.82 Å². The number of anilines is 1. The van der Waals surface area contributed by atoms with E-state index in [1.165, 1.54) is 25.7 Å². The third-order valence-electron chi connectivity index (χ3n) is 5.59. The summed E-state index contributed by atoms with van der Waals surface area (Å²) in [5, 5.41) is 3.40. The normalized spacial score (nSPS) is 17.6. The Kier molecular flexibility index (Phi) is 5.87. The lowest BCUT2D eigenvalue weighted by atomic mass is 10.1. The smallest absolute Gasteiger partial charge is 0.218 e. The highest BCUT2D eigenvalue weighted by atomic mass is 19.1. The van der Waals surface area contributed by atoms with Crippen molar-refractivity contribution in [3.8, 4) is 5.88 Å². The molecule has 0 bridgehead atoms. The molecule has 0 amide bonds. The number of aromatic nitrogens is 1. The van der Waals surface area contributed by atoms with E-state index in [9.17, 15) is 4.39 Å². The van der Waals surface area contributed by atoms with Gasteiger partial charge in [-0.05, 0) is 56.7 Å². The van der Waals surface area contributed by atoms with Gasteiger partial charge in [-0.3, -0.25) is 0 Å². The zero-order valence-electron chi connectivity index (χ0n) is 15.8. The van der Waals surface area contributed by atoms with Crippen LogP contribution in [-0.4, -0.2) is 24.2 Å². The van der Waals surface area contributed by atoms with Crippen LogP contribution in [0.4, 0.5) is 10.1 Å². The summed E-state index contributed by atoms with van der Waals surface area (Å²) >= 11 is 0. The second-order valence-electron chi connectivity index (χ2n) is 7.53. The van der Waals surface area contributed by atoms with E-state index in [0.717, 1.165) is 42.7 Å². The fourth-order valence-corrected chi connectivity index (χ4v) is 4.13. The van der Waals surface area contributed by atoms with Gasteiger partial charge in [0.25, 0.3) is 0 Å². The third-order valence-corrected chi connectivity index (χ3v) is 5.59. The number of benzene rings is 1. The van der Waals surface area contributed by atoms with E-state index >= 15 is 0 Å². The minimum atomic E-state index is -0.138. The fourth-order valence-electron chi connectivity index (χ4n) is 4.13. The number of rotatable bonds is 7. The molecule has 0 unspecified atom stereocenters. The summed E-state index contributed by atoms with van der Waals surface area (Å²) in [6.07, 6.45) is 9.11. The highest BCUT2D eigenvalue weighted by Crippen LogP contribution is 2.27. The van der Waals surface area contributed by atoms with Crippen LogP contribution < -0.4 is 15.0 Å². The molecule has 1 aliphatic heterocycles. The molecule has 27 heavy (non-hydrogen) atoms. The number of hydrogen-bond acceptors (Lipinski definition) is 4. The van der Waals surface area contributed by atoms with Gasteiger partial charge in [0.2, 0.25) is 5.88 Å². The standard InChI is InChI=1S/C22H28FN3O/c23-20-10-5-11-21(26-13-3-4-14-26)19(20)16-24-15-17-7-6-12-25-22(17)27-18-8-1-2-9-18/h5-7,10-12,18,24H,1-4,8-9,13-16H2. The molecule has 5 heteroatoms. The van der Waals surface area contributed by atoms with Gasteiger partial charge < -0.3 is 15.0 Å². The summed E-state index contributed by atoms with van der Waals surface area (Å²) in [5.74, 6) is 0.575. The van der Waals surface area contributed by atoms with Crippen LogP contribution in [0.1, 0.15) is 49.7 Å². The quantitative estimate of drug-likeness (QED) is 0.783. The SMILES string of the molecule is Fc1cccc(N2CCCC2)c1CNCc1cccnc1OC1CCCC1. The molecule has 1 saturated heterocycles. The Morgan fingerprint density at radius 1 is 1.04 bits per heavy atom. The number of nitrogens with zero attached hydrogens (tertiary/aromatic N) is 2. The van der Waals surface area contributed by atoms with Crippen LogP contribution >= 0.6 is 0 Å². The molecule has 1 N–H and O–H groups in total. The van der Waals surface area contributed by atoms with Crippen LogP contribution in [0.3, 0.4) is 0 Å².